The first-order chi connectivity index (χ1) is 19.3. The number of carbonyl (C=O) groups is 3. The molecule has 0 aromatic heterocycles. The highest BCUT2D eigenvalue weighted by Gasteiger charge is 2.48. The van der Waals surface area contributed by atoms with E-state index in [0.29, 0.717) is 52.0 Å². The Hall–Kier alpha value is -3.09. The average molecular weight is 596 g/mol. The van der Waals surface area contributed by atoms with Crippen LogP contribution in [0.5, 0.6) is 5.75 Å². The molecule has 216 valence electrons. The van der Waals surface area contributed by atoms with E-state index < -0.39 is 5.92 Å². The quantitative estimate of drug-likeness (QED) is 0.370. The standard InChI is InChI=1S/C33H36Cl2N2O4/c1-6-37-23-14-32(2,3)16-25(38)30(23)29(31-24(37)15-33(4,5)17-26(31)39)19-11-12-27(21(35)13-19)41-18-28(40)36-22-10-8-7-9-20(22)34/h7-13,29H,6,14-18H2,1-5H3,(H,36,40). The van der Waals surface area contributed by atoms with Crippen LogP contribution in [0.3, 0.4) is 0 Å². The van der Waals surface area contributed by atoms with Gasteiger partial charge < -0.3 is 15.0 Å². The van der Waals surface area contributed by atoms with Crippen LogP contribution in [0.2, 0.25) is 10.0 Å². The van der Waals surface area contributed by atoms with Crippen molar-refractivity contribution in [2.24, 2.45) is 10.8 Å². The van der Waals surface area contributed by atoms with E-state index in [1.165, 1.54) is 0 Å². The second-order valence-corrected chi connectivity index (χ2v) is 13.6. The molecule has 2 aliphatic carbocycles. The van der Waals surface area contributed by atoms with Gasteiger partial charge in [0.1, 0.15) is 5.75 Å². The van der Waals surface area contributed by atoms with Gasteiger partial charge in [0, 0.05) is 47.8 Å². The summed E-state index contributed by atoms with van der Waals surface area (Å²) in [5, 5.41) is 3.47. The number of ketones is 2. The van der Waals surface area contributed by atoms with E-state index >= 15 is 0 Å². The number of rotatable bonds is 6. The number of benzene rings is 2. The molecule has 0 saturated heterocycles. The van der Waals surface area contributed by atoms with Gasteiger partial charge >= 0.3 is 0 Å². The van der Waals surface area contributed by atoms with Crippen LogP contribution in [-0.2, 0) is 14.4 Å². The zero-order valence-corrected chi connectivity index (χ0v) is 25.7. The molecule has 0 radical (unpaired) electrons. The summed E-state index contributed by atoms with van der Waals surface area (Å²) in [5.41, 5.74) is 4.41. The molecule has 1 aliphatic heterocycles. The fourth-order valence-electron chi connectivity index (χ4n) is 6.47. The molecule has 3 aliphatic rings. The summed E-state index contributed by atoms with van der Waals surface area (Å²) in [6, 6.07) is 12.3. The molecule has 5 rings (SSSR count). The smallest absolute Gasteiger partial charge is 0.262 e. The number of nitrogens with one attached hydrogen (secondary N) is 1. The molecule has 2 aromatic rings. The fourth-order valence-corrected chi connectivity index (χ4v) is 6.90. The third kappa shape index (κ3) is 5.82. The van der Waals surface area contributed by atoms with E-state index in [4.69, 9.17) is 27.9 Å². The molecule has 0 spiro atoms. The molecule has 0 fully saturated rings. The Morgan fingerprint density at radius 2 is 1.49 bits per heavy atom. The number of amides is 1. The SMILES string of the molecule is CCN1C2=C(C(=O)CC(C)(C)C2)C(c2ccc(OCC(=O)Nc3ccccc3Cl)c(Cl)c2)C2=C1CC(C)(C)CC2=O. The van der Waals surface area contributed by atoms with Gasteiger partial charge in [-0.25, -0.2) is 0 Å². The van der Waals surface area contributed by atoms with Crippen molar-refractivity contribution in [2.45, 2.75) is 66.2 Å². The summed E-state index contributed by atoms with van der Waals surface area (Å²) in [6.45, 7) is 11.0. The van der Waals surface area contributed by atoms with Gasteiger partial charge in [0.05, 0.1) is 15.7 Å². The van der Waals surface area contributed by atoms with E-state index in [9.17, 15) is 14.4 Å². The summed E-state index contributed by atoms with van der Waals surface area (Å²) >= 11 is 12.8. The molecule has 6 nitrogen and oxygen atoms in total. The van der Waals surface area contributed by atoms with Crippen molar-refractivity contribution in [3.63, 3.8) is 0 Å². The van der Waals surface area contributed by atoms with Gasteiger partial charge in [-0.15, -0.1) is 0 Å². The maximum absolute atomic E-state index is 13.8. The molecular formula is C33H36Cl2N2O4. The van der Waals surface area contributed by atoms with Crippen molar-refractivity contribution < 1.29 is 19.1 Å². The first-order valence-corrected chi connectivity index (χ1v) is 14.8. The predicted octanol–water partition coefficient (Wildman–Crippen LogP) is 7.72. The number of allylic oxidation sites excluding steroid dienone is 4. The highest BCUT2D eigenvalue weighted by atomic mass is 35.5. The molecule has 8 heteroatoms. The minimum atomic E-state index is -0.481. The van der Waals surface area contributed by atoms with Crippen LogP contribution in [0, 0.1) is 10.8 Å². The van der Waals surface area contributed by atoms with Gasteiger partial charge in [0.25, 0.3) is 5.91 Å². The summed E-state index contributed by atoms with van der Waals surface area (Å²) < 4.78 is 5.74. The molecule has 1 N–H and O–H groups in total. The summed E-state index contributed by atoms with van der Waals surface area (Å²) in [7, 11) is 0. The van der Waals surface area contributed by atoms with Gasteiger partial charge in [-0.1, -0.05) is 69.1 Å². The first-order valence-electron chi connectivity index (χ1n) is 14.1. The Labute approximate surface area is 251 Å². The lowest BCUT2D eigenvalue weighted by atomic mass is 9.63. The number of para-hydroxylation sites is 1. The maximum Gasteiger partial charge on any atom is 0.262 e. The molecule has 1 amide bonds. The van der Waals surface area contributed by atoms with Gasteiger partial charge in [-0.2, -0.15) is 0 Å². The predicted molar refractivity (Wildman–Crippen MR) is 162 cm³/mol. The number of ether oxygens (including phenoxy) is 1. The molecule has 0 unspecified atom stereocenters. The second kappa shape index (κ2) is 11.0. The molecular weight excluding hydrogens is 559 g/mol. The summed E-state index contributed by atoms with van der Waals surface area (Å²) in [5.74, 6) is -0.356. The number of hydrogen-bond acceptors (Lipinski definition) is 5. The van der Waals surface area contributed by atoms with Crippen LogP contribution in [0.1, 0.15) is 71.8 Å². The number of carbonyl (C=O) groups excluding carboxylic acids is 3. The summed E-state index contributed by atoms with van der Waals surface area (Å²) in [4.78, 5) is 42.3. The van der Waals surface area contributed by atoms with Crippen molar-refractivity contribution in [1.29, 1.82) is 0 Å². The molecule has 0 saturated carbocycles. The van der Waals surface area contributed by atoms with Crippen LogP contribution in [0.15, 0.2) is 65.0 Å². The van der Waals surface area contributed by atoms with Gasteiger partial charge in [-0.05, 0) is 60.4 Å². The summed E-state index contributed by atoms with van der Waals surface area (Å²) in [6.07, 6.45) is 2.38. The Balaban J connectivity index is 1.49. The third-order valence-corrected chi connectivity index (χ3v) is 8.76. The Morgan fingerprint density at radius 1 is 0.902 bits per heavy atom. The molecule has 0 bridgehead atoms. The van der Waals surface area contributed by atoms with E-state index in [-0.39, 0.29) is 34.9 Å². The van der Waals surface area contributed by atoms with Crippen molar-refractivity contribution in [3.05, 3.63) is 80.6 Å². The first kappa shape index (κ1) is 29.4. The lowest BCUT2D eigenvalue weighted by Crippen LogP contribution is -2.44. The number of hydrogen-bond donors (Lipinski definition) is 1. The topological polar surface area (TPSA) is 75.7 Å². The highest BCUT2D eigenvalue weighted by molar-refractivity contribution is 6.33. The normalized spacial score (nSPS) is 20.1. The van der Waals surface area contributed by atoms with Gasteiger partial charge in [0.2, 0.25) is 0 Å². The zero-order chi connectivity index (χ0) is 29.7. The van der Waals surface area contributed by atoms with E-state index in [0.717, 1.165) is 29.8 Å². The van der Waals surface area contributed by atoms with Crippen LogP contribution in [0.25, 0.3) is 0 Å². The van der Waals surface area contributed by atoms with E-state index in [1.54, 1.807) is 36.4 Å². The minimum absolute atomic E-state index is 0.0802. The van der Waals surface area contributed by atoms with Crippen LogP contribution in [0.4, 0.5) is 5.69 Å². The molecule has 1 heterocycles. The third-order valence-electron chi connectivity index (χ3n) is 8.13. The van der Waals surface area contributed by atoms with Crippen LogP contribution >= 0.6 is 23.2 Å². The Kier molecular flexibility index (Phi) is 7.86. The van der Waals surface area contributed by atoms with Crippen molar-refractivity contribution in [3.8, 4) is 5.75 Å². The average Bonchev–Trinajstić information content (AvgIpc) is 2.87. The number of Topliss-reactive ketones (excluding diaryl/α,β-unsaturated/α-hetero) is 2. The number of anilines is 1. The van der Waals surface area contributed by atoms with Crippen LogP contribution in [-0.4, -0.2) is 35.5 Å². The van der Waals surface area contributed by atoms with Gasteiger partial charge in [0.15, 0.2) is 18.2 Å². The Morgan fingerprint density at radius 3 is 2.02 bits per heavy atom. The highest BCUT2D eigenvalue weighted by Crippen LogP contribution is 2.54. The van der Waals surface area contributed by atoms with Crippen molar-refractivity contribution in [1.82, 2.24) is 4.90 Å². The maximum atomic E-state index is 13.8. The lowest BCUT2D eigenvalue weighted by molar-refractivity contribution is -0.120. The van der Waals surface area contributed by atoms with Gasteiger partial charge in [-0.3, -0.25) is 14.4 Å². The lowest BCUT2D eigenvalue weighted by Gasteiger charge is -2.48. The molecule has 2 aromatic carbocycles. The number of halogens is 2. The van der Waals surface area contributed by atoms with Crippen LogP contribution < -0.4 is 10.1 Å². The minimum Gasteiger partial charge on any atom is -0.482 e. The molecule has 41 heavy (non-hydrogen) atoms. The zero-order valence-electron chi connectivity index (χ0n) is 24.2. The fraction of sp³-hybridized carbons (Fsp3) is 0.424. The van der Waals surface area contributed by atoms with E-state index in [2.05, 4.69) is 44.8 Å². The molecule has 0 atom stereocenters. The van der Waals surface area contributed by atoms with E-state index in [1.807, 2.05) is 6.07 Å². The largest absolute Gasteiger partial charge is 0.482 e. The monoisotopic (exact) mass is 594 g/mol. The van der Waals surface area contributed by atoms with Crippen molar-refractivity contribution >= 4 is 46.4 Å². The number of nitrogens with zero attached hydrogens (tertiary/aromatic N) is 1. The second-order valence-electron chi connectivity index (χ2n) is 12.8. The van der Waals surface area contributed by atoms with Crippen molar-refractivity contribution in [2.75, 3.05) is 18.5 Å². The Bertz CT molecular complexity index is 1450.